The van der Waals surface area contributed by atoms with E-state index in [0.717, 1.165) is 12.8 Å². The molecule has 3 rings (SSSR count). The van der Waals surface area contributed by atoms with Crippen LogP contribution < -0.4 is 10.2 Å². The van der Waals surface area contributed by atoms with Gasteiger partial charge in [0.1, 0.15) is 12.1 Å². The van der Waals surface area contributed by atoms with Crippen molar-refractivity contribution in [3.05, 3.63) is 28.2 Å². The van der Waals surface area contributed by atoms with E-state index in [1.54, 1.807) is 25.1 Å². The van der Waals surface area contributed by atoms with Crippen molar-refractivity contribution in [3.63, 3.8) is 0 Å². The molecule has 1 N–H and O–H groups in total. The van der Waals surface area contributed by atoms with Crippen LogP contribution >= 0.6 is 23.2 Å². The predicted molar refractivity (Wildman–Crippen MR) is 78.1 cm³/mol. The zero-order valence-electron chi connectivity index (χ0n) is 10.9. The second-order valence-electron chi connectivity index (χ2n) is 5.30. The van der Waals surface area contributed by atoms with Gasteiger partial charge in [0.25, 0.3) is 5.91 Å². The maximum absolute atomic E-state index is 12.6. The second-order valence-corrected chi connectivity index (χ2v) is 6.15. The van der Waals surface area contributed by atoms with Crippen molar-refractivity contribution in [1.82, 2.24) is 5.32 Å². The Bertz CT molecular complexity index is 587. The lowest BCUT2D eigenvalue weighted by molar-refractivity contribution is -0.133. The molecule has 2 fully saturated rings. The van der Waals surface area contributed by atoms with Gasteiger partial charge in [-0.3, -0.25) is 14.5 Å². The molecule has 2 atom stereocenters. The van der Waals surface area contributed by atoms with Crippen LogP contribution in [0.25, 0.3) is 0 Å². The summed E-state index contributed by atoms with van der Waals surface area (Å²) in [6.07, 6.45) is 1.96. The van der Waals surface area contributed by atoms with Gasteiger partial charge in [0, 0.05) is 5.02 Å². The first-order valence-corrected chi connectivity index (χ1v) is 7.33. The molecule has 1 aromatic carbocycles. The first kappa shape index (κ1) is 13.7. The molecule has 6 heteroatoms. The quantitative estimate of drug-likeness (QED) is 0.912. The molecule has 1 aliphatic carbocycles. The van der Waals surface area contributed by atoms with E-state index in [-0.39, 0.29) is 17.7 Å². The van der Waals surface area contributed by atoms with Crippen molar-refractivity contribution in [1.29, 1.82) is 0 Å². The smallest absolute Gasteiger partial charge is 0.250 e. The van der Waals surface area contributed by atoms with Crippen LogP contribution in [0.3, 0.4) is 0 Å². The van der Waals surface area contributed by atoms with E-state index in [4.69, 9.17) is 23.2 Å². The summed E-state index contributed by atoms with van der Waals surface area (Å²) in [7, 11) is 0. The molecule has 2 amide bonds. The Labute approximate surface area is 127 Å². The fourth-order valence-electron chi connectivity index (χ4n) is 2.55. The zero-order valence-corrected chi connectivity index (χ0v) is 12.4. The minimum atomic E-state index is -0.573. The van der Waals surface area contributed by atoms with Crippen LogP contribution in [-0.4, -0.2) is 23.9 Å². The molecular formula is C14H14Cl2N2O2. The highest BCUT2D eigenvalue weighted by atomic mass is 35.5. The average Bonchev–Trinajstić information content (AvgIpc) is 3.21. The van der Waals surface area contributed by atoms with E-state index in [1.807, 2.05) is 0 Å². The zero-order chi connectivity index (χ0) is 14.4. The number of benzene rings is 1. The topological polar surface area (TPSA) is 49.4 Å². The van der Waals surface area contributed by atoms with Crippen molar-refractivity contribution >= 4 is 40.7 Å². The monoisotopic (exact) mass is 312 g/mol. The summed E-state index contributed by atoms with van der Waals surface area (Å²) >= 11 is 12.1. The average molecular weight is 313 g/mol. The molecule has 0 aromatic heterocycles. The second kappa shape index (κ2) is 4.93. The third-order valence-corrected chi connectivity index (χ3v) is 4.37. The van der Waals surface area contributed by atoms with Crippen molar-refractivity contribution in [2.75, 3.05) is 4.90 Å². The van der Waals surface area contributed by atoms with Gasteiger partial charge in [-0.1, -0.05) is 23.2 Å². The normalized spacial score (nSPS) is 26.6. The Morgan fingerprint density at radius 2 is 1.95 bits per heavy atom. The highest BCUT2D eigenvalue weighted by Crippen LogP contribution is 2.38. The van der Waals surface area contributed by atoms with Gasteiger partial charge < -0.3 is 5.32 Å². The minimum Gasteiger partial charge on any atom is -0.342 e. The van der Waals surface area contributed by atoms with Gasteiger partial charge >= 0.3 is 0 Å². The summed E-state index contributed by atoms with van der Waals surface area (Å²) in [6, 6.07) is 3.93. The maximum atomic E-state index is 12.6. The number of halogens is 2. The summed E-state index contributed by atoms with van der Waals surface area (Å²) in [6.45, 7) is 1.70. The molecule has 0 spiro atoms. The van der Waals surface area contributed by atoms with Crippen molar-refractivity contribution in [2.24, 2.45) is 5.92 Å². The summed E-state index contributed by atoms with van der Waals surface area (Å²) in [4.78, 5) is 26.2. The molecule has 1 aliphatic heterocycles. The molecule has 2 aliphatic rings. The number of carbonyl (C=O) groups is 2. The van der Waals surface area contributed by atoms with Crippen molar-refractivity contribution in [2.45, 2.75) is 31.8 Å². The highest BCUT2D eigenvalue weighted by molar-refractivity contribution is 6.37. The fraction of sp³-hybridized carbons (Fsp3) is 0.429. The van der Waals surface area contributed by atoms with E-state index in [1.165, 1.54) is 4.90 Å². The lowest BCUT2D eigenvalue weighted by Gasteiger charge is -2.37. The Morgan fingerprint density at radius 3 is 2.55 bits per heavy atom. The molecule has 0 bridgehead atoms. The SMILES string of the molecule is CC1C(=O)NC(C2CC2)C(=O)N1c1ccc(Cl)cc1Cl. The Morgan fingerprint density at radius 1 is 1.25 bits per heavy atom. The Hall–Kier alpha value is -1.26. The number of hydrogen-bond donors (Lipinski definition) is 1. The number of rotatable bonds is 2. The summed E-state index contributed by atoms with van der Waals surface area (Å²) in [5.74, 6) is 0.0175. The van der Waals surface area contributed by atoms with Crippen LogP contribution in [0.4, 0.5) is 5.69 Å². The number of amides is 2. The van der Waals surface area contributed by atoms with Crippen LogP contribution in [0, 0.1) is 5.92 Å². The van der Waals surface area contributed by atoms with E-state index in [0.29, 0.717) is 15.7 Å². The first-order chi connectivity index (χ1) is 9.49. The third kappa shape index (κ3) is 2.27. The van der Waals surface area contributed by atoms with Crippen LogP contribution in [0.5, 0.6) is 0 Å². The molecular weight excluding hydrogens is 299 g/mol. The summed E-state index contributed by atoms with van der Waals surface area (Å²) < 4.78 is 0. The molecule has 1 heterocycles. The molecule has 106 valence electrons. The van der Waals surface area contributed by atoms with Gasteiger partial charge in [-0.2, -0.15) is 0 Å². The lowest BCUT2D eigenvalue weighted by atomic mass is 10.0. The van der Waals surface area contributed by atoms with Gasteiger partial charge in [0.15, 0.2) is 0 Å². The molecule has 1 saturated carbocycles. The van der Waals surface area contributed by atoms with Gasteiger partial charge in [0.05, 0.1) is 10.7 Å². The molecule has 0 radical (unpaired) electrons. The van der Waals surface area contributed by atoms with E-state index < -0.39 is 12.1 Å². The molecule has 20 heavy (non-hydrogen) atoms. The molecule has 2 unspecified atom stereocenters. The van der Waals surface area contributed by atoms with Gasteiger partial charge in [0.2, 0.25) is 5.91 Å². The fourth-order valence-corrected chi connectivity index (χ4v) is 3.05. The molecule has 1 saturated heterocycles. The van der Waals surface area contributed by atoms with E-state index in [2.05, 4.69) is 5.32 Å². The number of carbonyl (C=O) groups excluding carboxylic acids is 2. The lowest BCUT2D eigenvalue weighted by Crippen LogP contribution is -2.63. The molecule has 4 nitrogen and oxygen atoms in total. The van der Waals surface area contributed by atoms with Crippen molar-refractivity contribution in [3.8, 4) is 0 Å². The van der Waals surface area contributed by atoms with Gasteiger partial charge in [-0.05, 0) is 43.9 Å². The number of hydrogen-bond acceptors (Lipinski definition) is 2. The third-order valence-electron chi connectivity index (χ3n) is 3.83. The predicted octanol–water partition coefficient (Wildman–Crippen LogP) is 2.62. The molecule has 1 aromatic rings. The number of nitrogens with one attached hydrogen (secondary N) is 1. The largest absolute Gasteiger partial charge is 0.342 e. The Balaban J connectivity index is 1.99. The first-order valence-electron chi connectivity index (χ1n) is 6.57. The number of piperazine rings is 1. The summed E-state index contributed by atoms with van der Waals surface area (Å²) in [5, 5.41) is 3.69. The van der Waals surface area contributed by atoms with Gasteiger partial charge in [-0.25, -0.2) is 0 Å². The standard InChI is InChI=1S/C14H14Cl2N2O2/c1-7-13(19)17-12(8-2-3-8)14(20)18(7)11-5-4-9(15)6-10(11)16/h4-8,12H,2-3H2,1H3,(H,17,19). The van der Waals surface area contributed by atoms with Crippen LogP contribution in [0.2, 0.25) is 10.0 Å². The van der Waals surface area contributed by atoms with Crippen LogP contribution in [-0.2, 0) is 9.59 Å². The maximum Gasteiger partial charge on any atom is 0.250 e. The van der Waals surface area contributed by atoms with E-state index in [9.17, 15) is 9.59 Å². The highest BCUT2D eigenvalue weighted by Gasteiger charge is 2.46. The number of nitrogens with zero attached hydrogens (tertiary/aromatic N) is 1. The number of anilines is 1. The van der Waals surface area contributed by atoms with Gasteiger partial charge in [-0.15, -0.1) is 0 Å². The van der Waals surface area contributed by atoms with Crippen molar-refractivity contribution < 1.29 is 9.59 Å². The Kier molecular flexibility index (Phi) is 3.38. The van der Waals surface area contributed by atoms with E-state index >= 15 is 0 Å². The van der Waals surface area contributed by atoms with Crippen LogP contribution in [0.1, 0.15) is 19.8 Å². The minimum absolute atomic E-state index is 0.0937. The van der Waals surface area contributed by atoms with Crippen LogP contribution in [0.15, 0.2) is 18.2 Å². The summed E-state index contributed by atoms with van der Waals surface area (Å²) in [5.41, 5.74) is 0.536.